The lowest BCUT2D eigenvalue weighted by molar-refractivity contribution is -0.128. The molecule has 2 unspecified atom stereocenters. The van der Waals surface area contributed by atoms with E-state index < -0.39 is 0 Å². The molecule has 0 aromatic heterocycles. The van der Waals surface area contributed by atoms with Gasteiger partial charge in [0, 0.05) is 26.9 Å². The normalized spacial score (nSPS) is 23.7. The maximum absolute atomic E-state index is 11.5. The molecule has 0 N–H and O–H groups in total. The molecule has 104 valence electrons. The Morgan fingerprint density at radius 3 is 2.50 bits per heavy atom. The number of rotatable bonds is 7. The summed E-state index contributed by atoms with van der Waals surface area (Å²) in [5, 5.41) is 0. The van der Waals surface area contributed by atoms with Crippen molar-refractivity contribution in [2.45, 2.75) is 57.8 Å². The van der Waals surface area contributed by atoms with E-state index in [4.69, 9.17) is 0 Å². The van der Waals surface area contributed by atoms with Gasteiger partial charge in [-0.3, -0.25) is 4.79 Å². The second kappa shape index (κ2) is 8.28. The molecule has 2 atom stereocenters. The predicted octanol–water partition coefficient (Wildman–Crippen LogP) is 3.03. The molecule has 1 amide bonds. The van der Waals surface area contributed by atoms with Gasteiger partial charge in [0.15, 0.2) is 0 Å². The van der Waals surface area contributed by atoms with Crippen molar-refractivity contribution in [2.24, 2.45) is 11.8 Å². The third kappa shape index (κ3) is 5.65. The molecule has 1 fully saturated rings. The first-order valence-electron chi connectivity index (χ1n) is 7.27. The van der Waals surface area contributed by atoms with Gasteiger partial charge in [-0.05, 0) is 37.5 Å². The van der Waals surface area contributed by atoms with Gasteiger partial charge in [-0.2, -0.15) is 0 Å². The van der Waals surface area contributed by atoms with Gasteiger partial charge in [0.05, 0.1) is 0 Å². The summed E-state index contributed by atoms with van der Waals surface area (Å²) in [6, 6.07) is 0. The lowest BCUT2D eigenvalue weighted by Crippen LogP contribution is -2.22. The largest absolute Gasteiger partial charge is 0.349 e. The topological polar surface area (TPSA) is 37.4 Å². The first kappa shape index (κ1) is 15.2. The van der Waals surface area contributed by atoms with E-state index in [1.165, 1.54) is 32.1 Å². The standard InChI is InChI=1S/C15H27NO2/c1-16(2)15(18)10-4-8-13-6-3-7-14(12-13)9-5-11-17/h11,13-14H,3-10,12H2,1-2H3. The Bertz CT molecular complexity index is 263. The number of amides is 1. The minimum Gasteiger partial charge on any atom is -0.349 e. The van der Waals surface area contributed by atoms with Crippen molar-refractivity contribution in [3.8, 4) is 0 Å². The van der Waals surface area contributed by atoms with Gasteiger partial charge in [-0.25, -0.2) is 0 Å². The second-order valence-electron chi connectivity index (χ2n) is 5.82. The highest BCUT2D eigenvalue weighted by Crippen LogP contribution is 2.34. The molecule has 0 bridgehead atoms. The number of carbonyl (C=O) groups is 2. The molecule has 1 aliphatic carbocycles. The molecule has 3 nitrogen and oxygen atoms in total. The van der Waals surface area contributed by atoms with Gasteiger partial charge < -0.3 is 9.69 Å². The van der Waals surface area contributed by atoms with Crippen LogP contribution in [0.3, 0.4) is 0 Å². The van der Waals surface area contributed by atoms with Crippen LogP contribution < -0.4 is 0 Å². The van der Waals surface area contributed by atoms with Gasteiger partial charge >= 0.3 is 0 Å². The van der Waals surface area contributed by atoms with Crippen molar-refractivity contribution in [1.82, 2.24) is 4.90 Å². The minimum absolute atomic E-state index is 0.239. The van der Waals surface area contributed by atoms with Crippen molar-refractivity contribution >= 4 is 12.2 Å². The zero-order valence-corrected chi connectivity index (χ0v) is 11.9. The Kier molecular flexibility index (Phi) is 6.99. The molecule has 0 aromatic carbocycles. The highest BCUT2D eigenvalue weighted by molar-refractivity contribution is 5.75. The molecule has 0 heterocycles. The quantitative estimate of drug-likeness (QED) is 0.654. The molecule has 3 heteroatoms. The average Bonchev–Trinajstić information content (AvgIpc) is 2.36. The maximum atomic E-state index is 11.5. The molecule has 18 heavy (non-hydrogen) atoms. The average molecular weight is 253 g/mol. The first-order chi connectivity index (χ1) is 8.63. The van der Waals surface area contributed by atoms with Crippen LogP contribution in [-0.2, 0) is 9.59 Å². The van der Waals surface area contributed by atoms with Gasteiger partial charge in [0.1, 0.15) is 6.29 Å². The van der Waals surface area contributed by atoms with Crippen molar-refractivity contribution < 1.29 is 9.59 Å². The summed E-state index contributed by atoms with van der Waals surface area (Å²) in [6.07, 6.45) is 10.9. The fraction of sp³-hybridized carbons (Fsp3) is 0.867. The van der Waals surface area contributed by atoms with Crippen molar-refractivity contribution in [1.29, 1.82) is 0 Å². The van der Waals surface area contributed by atoms with Crippen LogP contribution in [0.25, 0.3) is 0 Å². The third-order valence-corrected chi connectivity index (χ3v) is 4.09. The second-order valence-corrected chi connectivity index (χ2v) is 5.82. The lowest BCUT2D eigenvalue weighted by atomic mass is 9.77. The third-order valence-electron chi connectivity index (χ3n) is 4.09. The van der Waals surface area contributed by atoms with Gasteiger partial charge in [-0.15, -0.1) is 0 Å². The van der Waals surface area contributed by atoms with E-state index in [-0.39, 0.29) is 5.91 Å². The zero-order chi connectivity index (χ0) is 13.4. The van der Waals surface area contributed by atoms with Crippen LogP contribution in [0.1, 0.15) is 57.8 Å². The van der Waals surface area contributed by atoms with E-state index in [9.17, 15) is 9.59 Å². The predicted molar refractivity (Wildman–Crippen MR) is 73.3 cm³/mol. The van der Waals surface area contributed by atoms with E-state index in [2.05, 4.69) is 0 Å². The number of nitrogens with zero attached hydrogens (tertiary/aromatic N) is 1. The molecule has 0 aliphatic heterocycles. The van der Waals surface area contributed by atoms with Crippen LogP contribution >= 0.6 is 0 Å². The number of aldehydes is 1. The fourth-order valence-electron chi connectivity index (χ4n) is 3.00. The van der Waals surface area contributed by atoms with E-state index in [0.717, 1.165) is 37.4 Å². The number of hydrogen-bond acceptors (Lipinski definition) is 2. The van der Waals surface area contributed by atoms with Gasteiger partial charge in [0.2, 0.25) is 5.91 Å². The summed E-state index contributed by atoms with van der Waals surface area (Å²) in [7, 11) is 3.64. The SMILES string of the molecule is CN(C)C(=O)CCCC1CCCC(CCC=O)C1. The fourth-order valence-corrected chi connectivity index (χ4v) is 3.00. The van der Waals surface area contributed by atoms with Gasteiger partial charge in [-0.1, -0.05) is 19.3 Å². The van der Waals surface area contributed by atoms with E-state index >= 15 is 0 Å². The lowest BCUT2D eigenvalue weighted by Gasteiger charge is -2.28. The summed E-state index contributed by atoms with van der Waals surface area (Å²) in [6.45, 7) is 0. The zero-order valence-electron chi connectivity index (χ0n) is 11.9. The molecule has 1 aliphatic rings. The summed E-state index contributed by atoms with van der Waals surface area (Å²) >= 11 is 0. The summed E-state index contributed by atoms with van der Waals surface area (Å²) in [5.41, 5.74) is 0. The highest BCUT2D eigenvalue weighted by Gasteiger charge is 2.21. The molecular formula is C15H27NO2. The van der Waals surface area contributed by atoms with Crippen LogP contribution in [0, 0.1) is 11.8 Å². The summed E-state index contributed by atoms with van der Waals surface area (Å²) in [4.78, 5) is 23.5. The van der Waals surface area contributed by atoms with E-state index in [1.54, 1.807) is 4.90 Å². The summed E-state index contributed by atoms with van der Waals surface area (Å²) in [5.74, 6) is 1.77. The van der Waals surface area contributed by atoms with Crippen molar-refractivity contribution in [2.75, 3.05) is 14.1 Å². The van der Waals surface area contributed by atoms with Gasteiger partial charge in [0.25, 0.3) is 0 Å². The van der Waals surface area contributed by atoms with E-state index in [0.29, 0.717) is 6.42 Å². The van der Waals surface area contributed by atoms with Crippen molar-refractivity contribution in [3.63, 3.8) is 0 Å². The number of hydrogen-bond donors (Lipinski definition) is 0. The molecule has 0 saturated heterocycles. The first-order valence-corrected chi connectivity index (χ1v) is 7.27. The van der Waals surface area contributed by atoms with Crippen molar-refractivity contribution in [3.05, 3.63) is 0 Å². The smallest absolute Gasteiger partial charge is 0.222 e. The number of carbonyl (C=O) groups excluding carboxylic acids is 2. The van der Waals surface area contributed by atoms with Crippen LogP contribution in [0.5, 0.6) is 0 Å². The Balaban J connectivity index is 2.17. The molecule has 0 spiro atoms. The Hall–Kier alpha value is -0.860. The minimum atomic E-state index is 0.239. The van der Waals surface area contributed by atoms with E-state index in [1.807, 2.05) is 14.1 Å². The monoisotopic (exact) mass is 253 g/mol. The molecule has 0 aromatic rings. The highest BCUT2D eigenvalue weighted by atomic mass is 16.2. The maximum Gasteiger partial charge on any atom is 0.222 e. The Morgan fingerprint density at radius 2 is 1.89 bits per heavy atom. The Morgan fingerprint density at radius 1 is 1.22 bits per heavy atom. The van der Waals surface area contributed by atoms with Crippen LogP contribution in [0.4, 0.5) is 0 Å². The molecule has 0 radical (unpaired) electrons. The summed E-state index contributed by atoms with van der Waals surface area (Å²) < 4.78 is 0. The Labute approximate surface area is 111 Å². The van der Waals surface area contributed by atoms with Crippen LogP contribution in [0.2, 0.25) is 0 Å². The molecule has 1 saturated carbocycles. The van der Waals surface area contributed by atoms with Crippen LogP contribution in [-0.4, -0.2) is 31.2 Å². The molecular weight excluding hydrogens is 226 g/mol. The molecule has 1 rings (SSSR count). The van der Waals surface area contributed by atoms with Crippen LogP contribution in [0.15, 0.2) is 0 Å².